The molecular weight excluding hydrogens is 258 g/mol. The summed E-state index contributed by atoms with van der Waals surface area (Å²) < 4.78 is 4.52. The van der Waals surface area contributed by atoms with E-state index in [1.807, 2.05) is 6.92 Å². The van der Waals surface area contributed by atoms with Crippen LogP contribution in [0, 0.1) is 6.92 Å². The number of rotatable bonds is 5. The average Bonchev–Trinajstić information content (AvgIpc) is 2.74. The molecule has 0 aliphatic rings. The maximum atomic E-state index is 12.3. The second-order valence-corrected chi connectivity index (χ2v) is 4.92. The number of unbranched alkanes of at least 4 members (excludes halogenated alkanes) is 1. The van der Waals surface area contributed by atoms with Gasteiger partial charge in [-0.15, -0.1) is 0 Å². The number of nitrogens with zero attached hydrogens (tertiary/aromatic N) is 4. The van der Waals surface area contributed by atoms with Crippen molar-refractivity contribution < 1.29 is 0 Å². The van der Waals surface area contributed by atoms with Gasteiger partial charge in [0.05, 0.1) is 0 Å². The molecule has 7 heteroatoms. The van der Waals surface area contributed by atoms with Crippen molar-refractivity contribution in [1.29, 1.82) is 0 Å². The highest BCUT2D eigenvalue weighted by atomic mass is 16.2. The fourth-order valence-electron chi connectivity index (χ4n) is 2.39. The zero-order chi connectivity index (χ0) is 14.9. The standard InChI is InChI=1S/C13H21N5O2/c1-4-5-7-18-11-10(12(19)16(3)13(18)20)17(8-6-14)9(2)15-11/h4-8,14H2,1-3H3. The number of aryl methyl sites for hydroxylation is 2. The Morgan fingerprint density at radius 1 is 1.20 bits per heavy atom. The molecule has 2 aromatic rings. The van der Waals surface area contributed by atoms with Crippen molar-refractivity contribution in [3.63, 3.8) is 0 Å². The van der Waals surface area contributed by atoms with Gasteiger partial charge in [-0.25, -0.2) is 9.78 Å². The summed E-state index contributed by atoms with van der Waals surface area (Å²) in [6, 6.07) is 0. The summed E-state index contributed by atoms with van der Waals surface area (Å²) in [5, 5.41) is 0. The molecule has 0 fully saturated rings. The summed E-state index contributed by atoms with van der Waals surface area (Å²) in [5.41, 5.74) is 5.90. The smallest absolute Gasteiger partial charge is 0.329 e. The highest BCUT2D eigenvalue weighted by Crippen LogP contribution is 2.11. The first-order valence-electron chi connectivity index (χ1n) is 6.89. The summed E-state index contributed by atoms with van der Waals surface area (Å²) >= 11 is 0. The van der Waals surface area contributed by atoms with E-state index in [4.69, 9.17) is 5.73 Å². The molecule has 0 bridgehead atoms. The molecule has 0 spiro atoms. The maximum Gasteiger partial charge on any atom is 0.332 e. The van der Waals surface area contributed by atoms with Gasteiger partial charge < -0.3 is 10.3 Å². The molecule has 2 N–H and O–H groups in total. The molecule has 20 heavy (non-hydrogen) atoms. The number of hydrogen-bond acceptors (Lipinski definition) is 4. The minimum absolute atomic E-state index is 0.312. The van der Waals surface area contributed by atoms with Crippen LogP contribution in [0.2, 0.25) is 0 Å². The van der Waals surface area contributed by atoms with E-state index in [9.17, 15) is 9.59 Å². The van der Waals surface area contributed by atoms with Gasteiger partial charge in [-0.3, -0.25) is 13.9 Å². The molecule has 7 nitrogen and oxygen atoms in total. The van der Waals surface area contributed by atoms with Crippen molar-refractivity contribution in [2.45, 2.75) is 39.8 Å². The van der Waals surface area contributed by atoms with Crippen LogP contribution >= 0.6 is 0 Å². The van der Waals surface area contributed by atoms with E-state index in [0.29, 0.717) is 36.6 Å². The van der Waals surface area contributed by atoms with Crippen molar-refractivity contribution in [3.8, 4) is 0 Å². The molecule has 0 saturated heterocycles. The third-order valence-electron chi connectivity index (χ3n) is 3.51. The van der Waals surface area contributed by atoms with Gasteiger partial charge in [-0.2, -0.15) is 0 Å². The van der Waals surface area contributed by atoms with Crippen LogP contribution in [0.25, 0.3) is 11.2 Å². The van der Waals surface area contributed by atoms with Gasteiger partial charge in [0, 0.05) is 26.7 Å². The Hall–Kier alpha value is -1.89. The van der Waals surface area contributed by atoms with Crippen LogP contribution in [-0.4, -0.2) is 25.2 Å². The summed E-state index contributed by atoms with van der Waals surface area (Å²) in [6.07, 6.45) is 1.84. The molecule has 0 aromatic carbocycles. The molecule has 2 aromatic heterocycles. The molecule has 2 heterocycles. The van der Waals surface area contributed by atoms with Crippen LogP contribution in [0.3, 0.4) is 0 Å². The number of aromatic nitrogens is 4. The zero-order valence-electron chi connectivity index (χ0n) is 12.2. The van der Waals surface area contributed by atoms with Gasteiger partial charge in [0.2, 0.25) is 0 Å². The van der Waals surface area contributed by atoms with E-state index in [2.05, 4.69) is 11.9 Å². The predicted molar refractivity (Wildman–Crippen MR) is 77.9 cm³/mol. The molecule has 0 amide bonds. The molecule has 2 rings (SSSR count). The Morgan fingerprint density at radius 3 is 2.50 bits per heavy atom. The minimum atomic E-state index is -0.313. The number of imidazole rings is 1. The Bertz CT molecular complexity index is 738. The topological polar surface area (TPSA) is 87.8 Å². The van der Waals surface area contributed by atoms with E-state index in [-0.39, 0.29) is 11.2 Å². The first-order valence-corrected chi connectivity index (χ1v) is 6.89. The molecule has 0 unspecified atom stereocenters. The van der Waals surface area contributed by atoms with Gasteiger partial charge in [0.25, 0.3) is 5.56 Å². The second-order valence-electron chi connectivity index (χ2n) is 4.92. The third kappa shape index (κ3) is 2.18. The van der Waals surface area contributed by atoms with Crippen molar-refractivity contribution >= 4 is 11.2 Å². The van der Waals surface area contributed by atoms with E-state index in [1.165, 1.54) is 7.05 Å². The number of fused-ring (bicyclic) bond motifs is 1. The van der Waals surface area contributed by atoms with Crippen molar-refractivity contribution in [2.24, 2.45) is 12.8 Å². The fourth-order valence-corrected chi connectivity index (χ4v) is 2.39. The van der Waals surface area contributed by atoms with Crippen LogP contribution in [0.4, 0.5) is 0 Å². The first kappa shape index (κ1) is 14.5. The third-order valence-corrected chi connectivity index (χ3v) is 3.51. The van der Waals surface area contributed by atoms with Crippen molar-refractivity contribution in [2.75, 3.05) is 6.54 Å². The Balaban J connectivity index is 2.83. The average molecular weight is 279 g/mol. The van der Waals surface area contributed by atoms with E-state index < -0.39 is 0 Å². The lowest BCUT2D eigenvalue weighted by Crippen LogP contribution is -2.39. The van der Waals surface area contributed by atoms with Gasteiger partial charge >= 0.3 is 5.69 Å². The minimum Gasteiger partial charge on any atom is -0.329 e. The second kappa shape index (κ2) is 5.62. The zero-order valence-corrected chi connectivity index (χ0v) is 12.2. The SMILES string of the molecule is CCCCn1c(=O)n(C)c(=O)c2c1nc(C)n2CCN. The van der Waals surface area contributed by atoms with E-state index >= 15 is 0 Å². The lowest BCUT2D eigenvalue weighted by atomic mass is 10.3. The molecular formula is C13H21N5O2. The summed E-state index contributed by atoms with van der Waals surface area (Å²) in [6.45, 7) is 5.39. The molecule has 0 atom stereocenters. The van der Waals surface area contributed by atoms with Crippen LogP contribution in [0.15, 0.2) is 9.59 Å². The van der Waals surface area contributed by atoms with Crippen molar-refractivity contribution in [1.82, 2.24) is 18.7 Å². The Kier molecular flexibility index (Phi) is 4.08. The van der Waals surface area contributed by atoms with Crippen LogP contribution in [0.1, 0.15) is 25.6 Å². The van der Waals surface area contributed by atoms with Crippen molar-refractivity contribution in [3.05, 3.63) is 26.7 Å². The maximum absolute atomic E-state index is 12.3. The highest BCUT2D eigenvalue weighted by molar-refractivity contribution is 5.71. The lowest BCUT2D eigenvalue weighted by Gasteiger charge is -2.09. The Morgan fingerprint density at radius 2 is 1.90 bits per heavy atom. The molecule has 0 aliphatic carbocycles. The lowest BCUT2D eigenvalue weighted by molar-refractivity contribution is 0.583. The number of nitrogens with two attached hydrogens (primary N) is 1. The molecule has 0 aliphatic heterocycles. The van der Waals surface area contributed by atoms with Crippen LogP contribution < -0.4 is 17.0 Å². The Labute approximate surface area is 116 Å². The molecule has 110 valence electrons. The largest absolute Gasteiger partial charge is 0.332 e. The van der Waals surface area contributed by atoms with Gasteiger partial charge in [0.15, 0.2) is 11.2 Å². The monoisotopic (exact) mass is 279 g/mol. The van der Waals surface area contributed by atoms with Crippen LogP contribution in [-0.2, 0) is 20.1 Å². The fraction of sp³-hybridized carbons (Fsp3) is 0.615. The number of hydrogen-bond donors (Lipinski definition) is 1. The summed E-state index contributed by atoms with van der Waals surface area (Å²) in [4.78, 5) is 29.0. The summed E-state index contributed by atoms with van der Waals surface area (Å²) in [5.74, 6) is 0.707. The summed E-state index contributed by atoms with van der Waals surface area (Å²) in [7, 11) is 1.50. The van der Waals surface area contributed by atoms with Gasteiger partial charge in [0.1, 0.15) is 5.82 Å². The van der Waals surface area contributed by atoms with Gasteiger partial charge in [-0.05, 0) is 13.3 Å². The van der Waals surface area contributed by atoms with Crippen LogP contribution in [0.5, 0.6) is 0 Å². The van der Waals surface area contributed by atoms with E-state index in [0.717, 1.165) is 17.4 Å². The molecule has 0 saturated carbocycles. The normalized spacial score (nSPS) is 11.4. The first-order chi connectivity index (χ1) is 9.52. The molecule has 0 radical (unpaired) electrons. The highest BCUT2D eigenvalue weighted by Gasteiger charge is 2.17. The predicted octanol–water partition coefficient (Wildman–Crippen LogP) is -0.0361. The van der Waals surface area contributed by atoms with E-state index in [1.54, 1.807) is 9.13 Å². The quantitative estimate of drug-likeness (QED) is 0.832. The van der Waals surface area contributed by atoms with Gasteiger partial charge in [-0.1, -0.05) is 13.3 Å².